The van der Waals surface area contributed by atoms with Crippen molar-refractivity contribution in [2.24, 2.45) is 0 Å². The molecule has 0 aromatic heterocycles. The average molecular weight is 605 g/mol. The predicted octanol–water partition coefficient (Wildman–Crippen LogP) is 0.457. The molecule has 14 nitrogen and oxygen atoms in total. The first-order chi connectivity index (χ1) is 19.8. The Morgan fingerprint density at radius 3 is 2.45 bits per heavy atom. The molecule has 42 heavy (non-hydrogen) atoms. The Labute approximate surface area is 242 Å². The third kappa shape index (κ3) is 5.85. The summed E-state index contributed by atoms with van der Waals surface area (Å²) in [6.45, 7) is 1.68. The standard InChI is InChI=1S/C25H23BClFN4O10/c1-2-31-6-7-32(22(35)21(31)34)25(40)30-18(13-10-16(28)14(24(38)39)9-15(13)27)20(33)29-17-8-11-4-3-5-12(23(36)37)19(11)42-26(17)41/h3-5,9-10,17-18,41H,2,6-8H2,1H3,(H,29,33)(H,30,40)(H,36,37)(H,38,39). The summed E-state index contributed by atoms with van der Waals surface area (Å²) >= 11 is 6.20. The minimum Gasteiger partial charge on any atom is -0.534 e. The number of rotatable bonds is 7. The predicted molar refractivity (Wildman–Crippen MR) is 141 cm³/mol. The summed E-state index contributed by atoms with van der Waals surface area (Å²) in [5.74, 6) is -8.73. The average Bonchev–Trinajstić information content (AvgIpc) is 2.94. The van der Waals surface area contributed by atoms with E-state index in [0.29, 0.717) is 16.5 Å². The van der Waals surface area contributed by atoms with Crippen LogP contribution in [0.1, 0.15) is 44.8 Å². The van der Waals surface area contributed by atoms with Crippen LogP contribution in [0.3, 0.4) is 0 Å². The first kappa shape index (κ1) is 30.3. The molecule has 2 aromatic rings. The largest absolute Gasteiger partial charge is 0.547 e. The van der Waals surface area contributed by atoms with Crippen molar-refractivity contribution in [1.29, 1.82) is 0 Å². The number of likely N-dealkylation sites (N-methyl/N-ethyl adjacent to an activating group) is 1. The first-order valence-corrected chi connectivity index (χ1v) is 12.9. The van der Waals surface area contributed by atoms with E-state index in [4.69, 9.17) is 16.3 Å². The van der Waals surface area contributed by atoms with Crippen molar-refractivity contribution >= 4 is 54.4 Å². The van der Waals surface area contributed by atoms with Crippen LogP contribution in [0.5, 0.6) is 5.75 Å². The maximum absolute atomic E-state index is 14.7. The zero-order chi connectivity index (χ0) is 30.9. The second-order valence-corrected chi connectivity index (χ2v) is 9.72. The second kappa shape index (κ2) is 12.0. The number of hydrogen-bond acceptors (Lipinski definition) is 8. The molecule has 5 amide bonds. The van der Waals surface area contributed by atoms with Gasteiger partial charge in [-0.2, -0.15) is 0 Å². The Kier molecular flexibility index (Phi) is 8.68. The number of fused-ring (bicyclic) bond motifs is 1. The van der Waals surface area contributed by atoms with E-state index in [9.17, 15) is 48.4 Å². The van der Waals surface area contributed by atoms with Gasteiger partial charge in [-0.15, -0.1) is 0 Å². The lowest BCUT2D eigenvalue weighted by atomic mass is 9.72. The van der Waals surface area contributed by atoms with E-state index in [-0.39, 0.29) is 37.4 Å². The van der Waals surface area contributed by atoms with E-state index in [1.165, 1.54) is 23.1 Å². The molecule has 2 atom stereocenters. The summed E-state index contributed by atoms with van der Waals surface area (Å²) in [7, 11) is -1.75. The normalized spacial score (nSPS) is 17.2. The lowest BCUT2D eigenvalue weighted by Gasteiger charge is -2.33. The summed E-state index contributed by atoms with van der Waals surface area (Å²) in [5.41, 5.74) is -1.09. The van der Waals surface area contributed by atoms with Crippen molar-refractivity contribution in [3.8, 4) is 5.75 Å². The molecular weight excluding hydrogens is 582 g/mol. The van der Waals surface area contributed by atoms with Crippen molar-refractivity contribution in [2.75, 3.05) is 19.6 Å². The van der Waals surface area contributed by atoms with Gasteiger partial charge in [0.2, 0.25) is 5.91 Å². The van der Waals surface area contributed by atoms with Gasteiger partial charge in [0.15, 0.2) is 0 Å². The second-order valence-electron chi connectivity index (χ2n) is 9.31. The molecule has 0 saturated carbocycles. The van der Waals surface area contributed by atoms with Crippen LogP contribution in [0.15, 0.2) is 30.3 Å². The number of carboxylic acid groups (broad SMARTS) is 2. The first-order valence-electron chi connectivity index (χ1n) is 12.5. The van der Waals surface area contributed by atoms with Crippen LogP contribution in [-0.4, -0.2) is 93.4 Å². The van der Waals surface area contributed by atoms with Crippen molar-refractivity contribution in [1.82, 2.24) is 20.4 Å². The number of carbonyl (C=O) groups excluding carboxylic acids is 4. The molecule has 0 bridgehead atoms. The van der Waals surface area contributed by atoms with E-state index < -0.39 is 76.8 Å². The van der Waals surface area contributed by atoms with Gasteiger partial charge in [0.25, 0.3) is 0 Å². The molecule has 0 aliphatic carbocycles. The van der Waals surface area contributed by atoms with E-state index >= 15 is 0 Å². The van der Waals surface area contributed by atoms with Gasteiger partial charge >= 0.3 is 36.9 Å². The Morgan fingerprint density at radius 2 is 1.81 bits per heavy atom. The Bertz CT molecular complexity index is 1510. The fourth-order valence-electron chi connectivity index (χ4n) is 4.59. The minimum atomic E-state index is -1.85. The Hall–Kier alpha value is -4.70. The van der Waals surface area contributed by atoms with Crippen LogP contribution in [-0.2, 0) is 20.8 Å². The number of benzene rings is 2. The number of carbonyl (C=O) groups is 6. The smallest absolute Gasteiger partial charge is 0.534 e. The van der Waals surface area contributed by atoms with Crippen molar-refractivity contribution in [3.63, 3.8) is 0 Å². The number of carboxylic acids is 2. The molecular formula is C25H23BClFN4O10. The van der Waals surface area contributed by atoms with Crippen LogP contribution in [0.4, 0.5) is 9.18 Å². The number of nitrogens with one attached hydrogen (secondary N) is 2. The molecule has 1 saturated heterocycles. The molecule has 2 unspecified atom stereocenters. The maximum atomic E-state index is 14.7. The molecule has 4 rings (SSSR count). The highest BCUT2D eigenvalue weighted by Crippen LogP contribution is 2.31. The van der Waals surface area contributed by atoms with Gasteiger partial charge in [-0.3, -0.25) is 19.3 Å². The Balaban J connectivity index is 1.64. The molecule has 220 valence electrons. The molecule has 2 aliphatic rings. The zero-order valence-corrected chi connectivity index (χ0v) is 22.6. The van der Waals surface area contributed by atoms with Crippen LogP contribution < -0.4 is 15.3 Å². The molecule has 5 N–H and O–H groups in total. The summed E-state index contributed by atoms with van der Waals surface area (Å²) < 4.78 is 20.0. The highest BCUT2D eigenvalue weighted by Gasteiger charge is 2.41. The highest BCUT2D eigenvalue weighted by molar-refractivity contribution is 6.47. The van der Waals surface area contributed by atoms with Gasteiger partial charge in [0.05, 0.1) is 17.1 Å². The Morgan fingerprint density at radius 1 is 1.12 bits per heavy atom. The SMILES string of the molecule is CCN1CCN(C(=O)NC(C(=O)NC2Cc3cccc(C(=O)O)c3OB2O)c2cc(F)c(C(=O)O)cc2Cl)C(=O)C1=O. The van der Waals surface area contributed by atoms with Crippen molar-refractivity contribution in [3.05, 3.63) is 63.4 Å². The number of aromatic carboxylic acids is 2. The number of imide groups is 1. The number of urea groups is 1. The van der Waals surface area contributed by atoms with Crippen molar-refractivity contribution < 1.29 is 53.0 Å². The lowest BCUT2D eigenvalue weighted by molar-refractivity contribution is -0.153. The molecule has 1 fully saturated rings. The summed E-state index contributed by atoms with van der Waals surface area (Å²) in [6, 6.07) is 2.53. The molecule has 2 aromatic carbocycles. The van der Waals surface area contributed by atoms with Gasteiger partial charge in [-0.1, -0.05) is 23.7 Å². The van der Waals surface area contributed by atoms with Crippen LogP contribution in [0.25, 0.3) is 0 Å². The number of halogens is 2. The summed E-state index contributed by atoms with van der Waals surface area (Å²) in [6.07, 6.45) is -0.115. The van der Waals surface area contributed by atoms with Crippen molar-refractivity contribution in [2.45, 2.75) is 25.3 Å². The van der Waals surface area contributed by atoms with Crippen LogP contribution in [0, 0.1) is 5.82 Å². The molecule has 2 aliphatic heterocycles. The molecule has 0 spiro atoms. The highest BCUT2D eigenvalue weighted by atomic mass is 35.5. The van der Waals surface area contributed by atoms with Crippen LogP contribution in [0.2, 0.25) is 5.02 Å². The fourth-order valence-corrected chi connectivity index (χ4v) is 4.86. The monoisotopic (exact) mass is 604 g/mol. The van der Waals surface area contributed by atoms with Gasteiger partial charge < -0.3 is 35.4 Å². The summed E-state index contributed by atoms with van der Waals surface area (Å²) in [4.78, 5) is 76.1. The number of para-hydroxylation sites is 1. The van der Waals surface area contributed by atoms with E-state index in [1.54, 1.807) is 6.92 Å². The van der Waals surface area contributed by atoms with Gasteiger partial charge in [0, 0.05) is 30.2 Å². The number of piperazine rings is 1. The maximum Gasteiger partial charge on any atom is 0.547 e. The molecule has 2 heterocycles. The van der Waals surface area contributed by atoms with E-state index in [0.717, 1.165) is 6.07 Å². The van der Waals surface area contributed by atoms with E-state index in [2.05, 4.69) is 10.6 Å². The van der Waals surface area contributed by atoms with Gasteiger partial charge in [-0.05, 0) is 37.1 Å². The minimum absolute atomic E-state index is 0.0252. The van der Waals surface area contributed by atoms with Gasteiger partial charge in [-0.25, -0.2) is 18.8 Å². The third-order valence-electron chi connectivity index (χ3n) is 6.77. The van der Waals surface area contributed by atoms with Gasteiger partial charge in [0.1, 0.15) is 17.6 Å². The third-order valence-corrected chi connectivity index (χ3v) is 7.10. The number of amides is 5. The molecule has 0 radical (unpaired) electrons. The quantitative estimate of drug-likeness (QED) is 0.218. The zero-order valence-electron chi connectivity index (χ0n) is 21.8. The molecule has 17 heteroatoms. The fraction of sp³-hybridized carbons (Fsp3) is 0.280. The van der Waals surface area contributed by atoms with Crippen LogP contribution >= 0.6 is 11.6 Å². The van der Waals surface area contributed by atoms with E-state index in [1.807, 2.05) is 0 Å². The number of hydrogen-bond donors (Lipinski definition) is 5. The number of nitrogens with zero attached hydrogens (tertiary/aromatic N) is 2. The lowest BCUT2D eigenvalue weighted by Crippen LogP contribution is -2.60. The summed E-state index contributed by atoms with van der Waals surface area (Å²) in [5, 5.41) is 33.4. The topological polar surface area (TPSA) is 203 Å².